The maximum absolute atomic E-state index is 11.6. The minimum Gasteiger partial charge on any atom is -0.287 e. The summed E-state index contributed by atoms with van der Waals surface area (Å²) in [7, 11) is 0. The lowest BCUT2D eigenvalue weighted by atomic mass is 10.00. The quantitative estimate of drug-likeness (QED) is 0.778. The predicted octanol–water partition coefficient (Wildman–Crippen LogP) is 3.54. The third-order valence-electron chi connectivity index (χ3n) is 2.08. The molecule has 0 heterocycles. The van der Waals surface area contributed by atoms with Crippen molar-refractivity contribution in [2.24, 2.45) is 5.41 Å². The van der Waals surface area contributed by atoms with E-state index in [1.807, 2.05) is 39.0 Å². The van der Waals surface area contributed by atoms with Crippen LogP contribution in [0.4, 0.5) is 0 Å². The highest BCUT2D eigenvalue weighted by Gasteiger charge is 2.20. The fourth-order valence-corrected chi connectivity index (χ4v) is 2.08. The lowest BCUT2D eigenvalue weighted by molar-refractivity contribution is -0.117. The SMILES string of the molecule is CC(C)(C)C(=O)SCCc1ccccc1. The second kappa shape index (κ2) is 5.36. The molecule has 15 heavy (non-hydrogen) atoms. The van der Waals surface area contributed by atoms with E-state index in [-0.39, 0.29) is 10.5 Å². The summed E-state index contributed by atoms with van der Waals surface area (Å²) >= 11 is 1.44. The number of thioether (sulfide) groups is 1. The van der Waals surface area contributed by atoms with Crippen LogP contribution < -0.4 is 0 Å². The summed E-state index contributed by atoms with van der Waals surface area (Å²) in [5.41, 5.74) is 1.08. The van der Waals surface area contributed by atoms with Crippen molar-refractivity contribution in [2.75, 3.05) is 5.75 Å². The van der Waals surface area contributed by atoms with Gasteiger partial charge in [-0.25, -0.2) is 0 Å². The van der Waals surface area contributed by atoms with Gasteiger partial charge >= 0.3 is 0 Å². The fourth-order valence-electron chi connectivity index (χ4n) is 1.12. The Morgan fingerprint density at radius 2 is 1.80 bits per heavy atom. The van der Waals surface area contributed by atoms with Crippen molar-refractivity contribution < 1.29 is 4.79 Å². The van der Waals surface area contributed by atoms with E-state index in [0.717, 1.165) is 12.2 Å². The van der Waals surface area contributed by atoms with Crippen LogP contribution in [0.25, 0.3) is 0 Å². The number of benzene rings is 1. The van der Waals surface area contributed by atoms with E-state index in [4.69, 9.17) is 0 Å². The van der Waals surface area contributed by atoms with E-state index < -0.39 is 0 Å². The molecule has 0 N–H and O–H groups in total. The highest BCUT2D eigenvalue weighted by molar-refractivity contribution is 8.13. The van der Waals surface area contributed by atoms with Gasteiger partial charge in [0.05, 0.1) is 0 Å². The zero-order valence-electron chi connectivity index (χ0n) is 9.62. The molecule has 0 radical (unpaired) electrons. The zero-order chi connectivity index (χ0) is 11.3. The molecular formula is C13H18OS. The van der Waals surface area contributed by atoms with E-state index in [1.54, 1.807) is 0 Å². The summed E-state index contributed by atoms with van der Waals surface area (Å²) in [4.78, 5) is 11.6. The van der Waals surface area contributed by atoms with Gasteiger partial charge in [0, 0.05) is 11.2 Å². The smallest absolute Gasteiger partial charge is 0.194 e. The normalized spacial score (nSPS) is 11.4. The molecule has 0 bridgehead atoms. The predicted molar refractivity (Wildman–Crippen MR) is 67.1 cm³/mol. The average molecular weight is 222 g/mol. The molecule has 0 amide bonds. The Morgan fingerprint density at radius 1 is 1.20 bits per heavy atom. The number of hydrogen-bond acceptors (Lipinski definition) is 2. The molecule has 0 aliphatic rings. The van der Waals surface area contributed by atoms with Gasteiger partial charge in [-0.05, 0) is 12.0 Å². The second-order valence-electron chi connectivity index (χ2n) is 4.62. The van der Waals surface area contributed by atoms with E-state index in [0.29, 0.717) is 0 Å². The van der Waals surface area contributed by atoms with Crippen molar-refractivity contribution in [2.45, 2.75) is 27.2 Å². The number of carbonyl (C=O) groups excluding carboxylic acids is 1. The molecule has 1 rings (SSSR count). The Hall–Kier alpha value is -0.760. The van der Waals surface area contributed by atoms with Gasteiger partial charge < -0.3 is 0 Å². The van der Waals surface area contributed by atoms with Crippen LogP contribution in [0.5, 0.6) is 0 Å². The molecule has 0 aliphatic carbocycles. The van der Waals surface area contributed by atoms with Crippen LogP contribution in [0.15, 0.2) is 30.3 Å². The third-order valence-corrected chi connectivity index (χ3v) is 3.36. The summed E-state index contributed by atoms with van der Waals surface area (Å²) in [6, 6.07) is 10.3. The number of aryl methyl sites for hydroxylation is 1. The highest BCUT2D eigenvalue weighted by Crippen LogP contribution is 2.23. The van der Waals surface area contributed by atoms with E-state index >= 15 is 0 Å². The molecule has 0 saturated carbocycles. The molecule has 0 saturated heterocycles. The molecule has 0 fully saturated rings. The Labute approximate surface area is 96.3 Å². The first-order valence-corrected chi connectivity index (χ1v) is 6.20. The van der Waals surface area contributed by atoms with Crippen molar-refractivity contribution in [1.82, 2.24) is 0 Å². The minimum absolute atomic E-state index is 0.221. The van der Waals surface area contributed by atoms with Gasteiger partial charge in [0.15, 0.2) is 5.12 Å². The van der Waals surface area contributed by atoms with Gasteiger partial charge in [0.1, 0.15) is 0 Å². The molecule has 0 unspecified atom stereocenters. The first kappa shape index (κ1) is 12.3. The van der Waals surface area contributed by atoms with Crippen molar-refractivity contribution in [3.63, 3.8) is 0 Å². The largest absolute Gasteiger partial charge is 0.287 e. The fraction of sp³-hybridized carbons (Fsp3) is 0.462. The van der Waals surface area contributed by atoms with Crippen molar-refractivity contribution in [3.05, 3.63) is 35.9 Å². The first-order valence-electron chi connectivity index (χ1n) is 5.21. The molecule has 0 aliphatic heterocycles. The summed E-state index contributed by atoms with van der Waals surface area (Å²) in [5, 5.41) is 0.276. The summed E-state index contributed by atoms with van der Waals surface area (Å²) < 4.78 is 0. The molecule has 82 valence electrons. The average Bonchev–Trinajstić information content (AvgIpc) is 2.18. The summed E-state index contributed by atoms with van der Waals surface area (Å²) in [6.45, 7) is 5.89. The monoisotopic (exact) mass is 222 g/mol. The molecular weight excluding hydrogens is 204 g/mol. The second-order valence-corrected chi connectivity index (χ2v) is 5.69. The van der Waals surface area contributed by atoms with Crippen LogP contribution >= 0.6 is 11.8 Å². The van der Waals surface area contributed by atoms with Gasteiger partial charge in [-0.2, -0.15) is 0 Å². The lowest BCUT2D eigenvalue weighted by Crippen LogP contribution is -2.17. The molecule has 0 atom stereocenters. The van der Waals surface area contributed by atoms with Crippen LogP contribution in [0.3, 0.4) is 0 Å². The lowest BCUT2D eigenvalue weighted by Gasteiger charge is -2.15. The van der Waals surface area contributed by atoms with E-state index in [9.17, 15) is 4.79 Å². The van der Waals surface area contributed by atoms with Crippen LogP contribution in [0.1, 0.15) is 26.3 Å². The van der Waals surface area contributed by atoms with E-state index in [1.165, 1.54) is 17.3 Å². The van der Waals surface area contributed by atoms with Crippen LogP contribution in [-0.4, -0.2) is 10.9 Å². The topological polar surface area (TPSA) is 17.1 Å². The number of carbonyl (C=O) groups is 1. The molecule has 0 spiro atoms. The summed E-state index contributed by atoms with van der Waals surface area (Å²) in [6.07, 6.45) is 0.966. The Balaban J connectivity index is 2.32. The van der Waals surface area contributed by atoms with Crippen molar-refractivity contribution in [3.8, 4) is 0 Å². The molecule has 2 heteroatoms. The van der Waals surface area contributed by atoms with E-state index in [2.05, 4.69) is 12.1 Å². The molecule has 1 nitrogen and oxygen atoms in total. The first-order chi connectivity index (χ1) is 7.00. The summed E-state index contributed by atoms with van der Waals surface area (Å²) in [5.74, 6) is 0.875. The Bertz CT molecular complexity index is 311. The van der Waals surface area contributed by atoms with Gasteiger partial charge in [0.2, 0.25) is 0 Å². The minimum atomic E-state index is -0.221. The molecule has 1 aromatic carbocycles. The number of rotatable bonds is 3. The highest BCUT2D eigenvalue weighted by atomic mass is 32.2. The van der Waals surface area contributed by atoms with Gasteiger partial charge in [-0.3, -0.25) is 4.79 Å². The maximum atomic E-state index is 11.6. The standard InChI is InChI=1S/C13H18OS/c1-13(2,3)12(14)15-10-9-11-7-5-4-6-8-11/h4-8H,9-10H2,1-3H3. The van der Waals surface area contributed by atoms with Gasteiger partial charge in [-0.15, -0.1) is 0 Å². The zero-order valence-corrected chi connectivity index (χ0v) is 10.4. The number of hydrogen-bond donors (Lipinski definition) is 0. The Kier molecular flexibility index (Phi) is 4.40. The molecule has 1 aromatic rings. The third kappa shape index (κ3) is 4.52. The van der Waals surface area contributed by atoms with Gasteiger partial charge in [0.25, 0.3) is 0 Å². The Morgan fingerprint density at radius 3 is 2.33 bits per heavy atom. The molecule has 0 aromatic heterocycles. The van der Waals surface area contributed by atoms with Crippen molar-refractivity contribution in [1.29, 1.82) is 0 Å². The van der Waals surface area contributed by atoms with Crippen molar-refractivity contribution >= 4 is 16.9 Å². The van der Waals surface area contributed by atoms with Gasteiger partial charge in [-0.1, -0.05) is 62.9 Å². The van der Waals surface area contributed by atoms with Crippen LogP contribution in [0, 0.1) is 5.41 Å². The van der Waals surface area contributed by atoms with Crippen LogP contribution in [-0.2, 0) is 11.2 Å². The maximum Gasteiger partial charge on any atom is 0.194 e. The van der Waals surface area contributed by atoms with Crippen LogP contribution in [0.2, 0.25) is 0 Å².